The molecule has 35 heavy (non-hydrogen) atoms. The van der Waals surface area contributed by atoms with Crippen molar-refractivity contribution in [1.82, 2.24) is 9.80 Å². The number of amides is 1. The van der Waals surface area contributed by atoms with E-state index in [1.807, 2.05) is 0 Å². The van der Waals surface area contributed by atoms with Crippen LogP contribution in [0.5, 0.6) is 0 Å². The van der Waals surface area contributed by atoms with E-state index >= 15 is 0 Å². The lowest BCUT2D eigenvalue weighted by Gasteiger charge is -2.26. The van der Waals surface area contributed by atoms with Crippen LogP contribution in [-0.4, -0.2) is 48.4 Å². The Hall–Kier alpha value is -0.570. The number of rotatable bonds is 21. The van der Waals surface area contributed by atoms with Crippen LogP contribution in [0.3, 0.4) is 0 Å². The van der Waals surface area contributed by atoms with Gasteiger partial charge in [0.15, 0.2) is 0 Å². The number of unbranched alkanes of at least 4 members (excludes halogenated alkanes) is 8. The molecule has 2 rings (SSSR count). The van der Waals surface area contributed by atoms with Gasteiger partial charge in [-0.3, -0.25) is 4.79 Å². The number of hydrogen-bond acceptors (Lipinski definition) is 2. The molecule has 2 saturated heterocycles. The molecule has 2 heterocycles. The monoisotopic (exact) mass is 490 g/mol. The second kappa shape index (κ2) is 18.6. The number of likely N-dealkylation sites (tertiary alicyclic amines) is 2. The van der Waals surface area contributed by atoms with Crippen LogP contribution in [0.25, 0.3) is 0 Å². The summed E-state index contributed by atoms with van der Waals surface area (Å²) in [5.41, 5.74) is 0. The third kappa shape index (κ3) is 11.6. The lowest BCUT2D eigenvalue weighted by Crippen LogP contribution is -2.37. The lowest BCUT2D eigenvalue weighted by molar-refractivity contribution is -0.135. The molecular formula is C32H62N2O. The second-order valence-electron chi connectivity index (χ2n) is 12.2. The highest BCUT2D eigenvalue weighted by atomic mass is 16.2. The first-order valence-electron chi connectivity index (χ1n) is 16.1. The van der Waals surface area contributed by atoms with Gasteiger partial charge in [0, 0.05) is 32.1 Å². The van der Waals surface area contributed by atoms with Crippen LogP contribution in [0, 0.1) is 23.7 Å². The summed E-state index contributed by atoms with van der Waals surface area (Å²) in [6.07, 6.45) is 23.8. The summed E-state index contributed by atoms with van der Waals surface area (Å²) in [7, 11) is 0. The highest BCUT2D eigenvalue weighted by Crippen LogP contribution is 2.33. The maximum atomic E-state index is 13.4. The largest absolute Gasteiger partial charge is 0.342 e. The predicted molar refractivity (Wildman–Crippen MR) is 153 cm³/mol. The van der Waals surface area contributed by atoms with E-state index in [1.165, 1.54) is 122 Å². The maximum Gasteiger partial charge on any atom is 0.225 e. The Balaban J connectivity index is 1.72. The van der Waals surface area contributed by atoms with E-state index in [-0.39, 0.29) is 0 Å². The zero-order valence-corrected chi connectivity index (χ0v) is 24.4. The molecule has 0 saturated carbocycles. The van der Waals surface area contributed by atoms with E-state index < -0.39 is 0 Å². The fourth-order valence-electron chi connectivity index (χ4n) is 6.77. The lowest BCUT2D eigenvalue weighted by atomic mass is 9.91. The third-order valence-electron chi connectivity index (χ3n) is 9.05. The topological polar surface area (TPSA) is 23.6 Å². The van der Waals surface area contributed by atoms with Crippen molar-refractivity contribution < 1.29 is 4.79 Å². The van der Waals surface area contributed by atoms with E-state index in [1.54, 1.807) is 0 Å². The van der Waals surface area contributed by atoms with E-state index in [4.69, 9.17) is 0 Å². The average Bonchev–Trinajstić information content (AvgIpc) is 3.42. The Morgan fingerprint density at radius 2 is 1.09 bits per heavy atom. The summed E-state index contributed by atoms with van der Waals surface area (Å²) in [5.74, 6) is 3.21. The first kappa shape index (κ1) is 30.7. The molecule has 206 valence electrons. The molecular weight excluding hydrogens is 428 g/mol. The molecule has 2 aliphatic heterocycles. The van der Waals surface area contributed by atoms with Gasteiger partial charge in [0.1, 0.15) is 0 Å². The molecule has 0 spiro atoms. The predicted octanol–water partition coefficient (Wildman–Crippen LogP) is 8.71. The van der Waals surface area contributed by atoms with Crippen molar-refractivity contribution in [3.8, 4) is 0 Å². The van der Waals surface area contributed by atoms with Gasteiger partial charge < -0.3 is 9.80 Å². The first-order chi connectivity index (χ1) is 17.1. The highest BCUT2D eigenvalue weighted by molar-refractivity contribution is 5.79. The minimum Gasteiger partial charge on any atom is -0.342 e. The van der Waals surface area contributed by atoms with Crippen LogP contribution in [0.1, 0.15) is 143 Å². The molecule has 3 nitrogen and oxygen atoms in total. The van der Waals surface area contributed by atoms with Crippen LogP contribution in [0.2, 0.25) is 0 Å². The van der Waals surface area contributed by atoms with Crippen molar-refractivity contribution in [2.24, 2.45) is 23.7 Å². The summed E-state index contributed by atoms with van der Waals surface area (Å²) in [4.78, 5) is 18.4. The first-order valence-corrected chi connectivity index (χ1v) is 16.1. The van der Waals surface area contributed by atoms with E-state index in [0.717, 1.165) is 43.7 Å². The van der Waals surface area contributed by atoms with Gasteiger partial charge in [-0.05, 0) is 50.0 Å². The Kier molecular flexibility index (Phi) is 16.3. The molecule has 0 bridgehead atoms. The summed E-state index contributed by atoms with van der Waals surface area (Å²) >= 11 is 0. The average molecular weight is 491 g/mol. The summed E-state index contributed by atoms with van der Waals surface area (Å²) in [6.45, 7) is 15.0. The van der Waals surface area contributed by atoms with Crippen molar-refractivity contribution >= 4 is 5.91 Å². The van der Waals surface area contributed by atoms with Crippen LogP contribution in [0.15, 0.2) is 0 Å². The van der Waals surface area contributed by atoms with Crippen LogP contribution in [-0.2, 0) is 4.79 Å². The van der Waals surface area contributed by atoms with Crippen molar-refractivity contribution in [2.75, 3.05) is 32.7 Å². The molecule has 0 radical (unpaired) electrons. The number of nitrogens with zero attached hydrogens (tertiary/aromatic N) is 2. The Labute approximate surface area is 220 Å². The maximum absolute atomic E-state index is 13.4. The third-order valence-corrected chi connectivity index (χ3v) is 9.05. The summed E-state index contributed by atoms with van der Waals surface area (Å²) < 4.78 is 0. The fraction of sp³-hybridized carbons (Fsp3) is 0.969. The quantitative estimate of drug-likeness (QED) is 0.150. The zero-order valence-electron chi connectivity index (χ0n) is 24.4. The van der Waals surface area contributed by atoms with E-state index in [0.29, 0.717) is 11.8 Å². The highest BCUT2D eigenvalue weighted by Gasteiger charge is 2.42. The minimum atomic E-state index is 0.292. The molecule has 0 aliphatic carbocycles. The second-order valence-corrected chi connectivity index (χ2v) is 12.2. The van der Waals surface area contributed by atoms with Crippen LogP contribution in [0.4, 0.5) is 0 Å². The normalized spacial score (nSPS) is 21.2. The van der Waals surface area contributed by atoms with Gasteiger partial charge in [-0.2, -0.15) is 0 Å². The molecule has 0 aromatic carbocycles. The Morgan fingerprint density at radius 1 is 0.600 bits per heavy atom. The molecule has 1 amide bonds. The van der Waals surface area contributed by atoms with E-state index in [2.05, 4.69) is 37.5 Å². The molecule has 3 unspecified atom stereocenters. The van der Waals surface area contributed by atoms with Crippen molar-refractivity contribution in [1.29, 1.82) is 0 Å². The Morgan fingerprint density at radius 3 is 1.66 bits per heavy atom. The minimum absolute atomic E-state index is 0.292. The SMILES string of the molecule is CCCCCCC(CCCC)CCCN1CC2CN(C(=O)C(CCCCC)CCCCC)CC2C1. The summed E-state index contributed by atoms with van der Waals surface area (Å²) in [6, 6.07) is 0. The van der Waals surface area contributed by atoms with Gasteiger partial charge in [-0.25, -0.2) is 0 Å². The standard InChI is InChI=1S/C32H62N2O/c1-5-9-13-16-19-28(18-12-8-4)20-17-23-33-24-30-26-34(27-31(30)25-33)32(35)29(21-14-10-6-2)22-15-11-7-3/h28-31H,5-27H2,1-4H3. The molecule has 0 aromatic heterocycles. The molecule has 3 atom stereocenters. The molecule has 0 N–H and O–H groups in total. The van der Waals surface area contributed by atoms with Crippen LogP contribution >= 0.6 is 0 Å². The van der Waals surface area contributed by atoms with E-state index in [9.17, 15) is 4.79 Å². The van der Waals surface area contributed by atoms with Gasteiger partial charge in [0.2, 0.25) is 5.91 Å². The molecule has 3 heteroatoms. The van der Waals surface area contributed by atoms with Crippen molar-refractivity contribution in [2.45, 2.75) is 143 Å². The number of hydrogen-bond donors (Lipinski definition) is 0. The van der Waals surface area contributed by atoms with Gasteiger partial charge in [-0.15, -0.1) is 0 Å². The molecule has 2 fully saturated rings. The summed E-state index contributed by atoms with van der Waals surface area (Å²) in [5, 5.41) is 0. The molecule has 0 aromatic rings. The molecule has 2 aliphatic rings. The number of fused-ring (bicyclic) bond motifs is 1. The zero-order chi connectivity index (χ0) is 25.3. The smallest absolute Gasteiger partial charge is 0.225 e. The van der Waals surface area contributed by atoms with Crippen molar-refractivity contribution in [3.63, 3.8) is 0 Å². The van der Waals surface area contributed by atoms with Gasteiger partial charge in [0.05, 0.1) is 0 Å². The van der Waals surface area contributed by atoms with Gasteiger partial charge in [0.25, 0.3) is 0 Å². The fourth-order valence-corrected chi connectivity index (χ4v) is 6.77. The number of carbonyl (C=O) groups excluding carboxylic acids is 1. The number of carbonyl (C=O) groups is 1. The van der Waals surface area contributed by atoms with Crippen molar-refractivity contribution in [3.05, 3.63) is 0 Å². The van der Waals surface area contributed by atoms with Crippen LogP contribution < -0.4 is 0 Å². The van der Waals surface area contributed by atoms with Gasteiger partial charge >= 0.3 is 0 Å². The Bertz CT molecular complexity index is 512. The van der Waals surface area contributed by atoms with Gasteiger partial charge in [-0.1, -0.05) is 118 Å².